The minimum absolute atomic E-state index is 0. The van der Waals surface area contributed by atoms with Gasteiger partial charge < -0.3 is 4.57 Å². The van der Waals surface area contributed by atoms with E-state index in [4.69, 9.17) is 0 Å². The fourth-order valence-electron chi connectivity index (χ4n) is 1.90. The SMILES string of the molecule is O=NNc1ncnc2c1ncn2Cc1ccccc1.[Na+]. The van der Waals surface area contributed by atoms with Gasteiger partial charge in [0.1, 0.15) is 6.33 Å². The van der Waals surface area contributed by atoms with Crippen LogP contribution in [0.2, 0.25) is 0 Å². The summed E-state index contributed by atoms with van der Waals surface area (Å²) in [7, 11) is 0. The largest absolute Gasteiger partial charge is 1.00 e. The van der Waals surface area contributed by atoms with E-state index in [1.807, 2.05) is 34.9 Å². The van der Waals surface area contributed by atoms with Crippen molar-refractivity contribution in [3.05, 3.63) is 53.5 Å². The predicted octanol–water partition coefficient (Wildman–Crippen LogP) is -1.03. The van der Waals surface area contributed by atoms with Gasteiger partial charge in [0.2, 0.25) is 0 Å². The fraction of sp³-hybridized carbons (Fsp3) is 0.0833. The van der Waals surface area contributed by atoms with Crippen LogP contribution in [-0.4, -0.2) is 19.5 Å². The molecule has 2 heterocycles. The molecule has 3 aromatic rings. The molecule has 0 radical (unpaired) electrons. The average molecular weight is 277 g/mol. The molecule has 0 aliphatic rings. The number of fused-ring (bicyclic) bond motifs is 1. The summed E-state index contributed by atoms with van der Waals surface area (Å²) in [5.41, 5.74) is 4.60. The quantitative estimate of drug-likeness (QED) is 0.374. The van der Waals surface area contributed by atoms with Gasteiger partial charge in [-0.1, -0.05) is 30.3 Å². The van der Waals surface area contributed by atoms with Crippen molar-refractivity contribution in [2.24, 2.45) is 5.29 Å². The van der Waals surface area contributed by atoms with Crippen molar-refractivity contribution in [3.8, 4) is 0 Å². The third kappa shape index (κ3) is 2.84. The van der Waals surface area contributed by atoms with Crippen molar-refractivity contribution in [3.63, 3.8) is 0 Å². The third-order valence-electron chi connectivity index (χ3n) is 2.75. The molecule has 0 aliphatic heterocycles. The monoisotopic (exact) mass is 277 g/mol. The topological polar surface area (TPSA) is 85.1 Å². The molecule has 1 aromatic carbocycles. The number of hydrogen-bond acceptors (Lipinski definition) is 5. The number of aromatic nitrogens is 4. The summed E-state index contributed by atoms with van der Waals surface area (Å²) >= 11 is 0. The van der Waals surface area contributed by atoms with E-state index >= 15 is 0 Å². The number of nitroso groups, excluding NO2 is 1. The zero-order valence-electron chi connectivity index (χ0n) is 10.9. The van der Waals surface area contributed by atoms with Gasteiger partial charge in [0.05, 0.1) is 18.2 Å². The van der Waals surface area contributed by atoms with Gasteiger partial charge in [-0.05, 0) is 5.56 Å². The summed E-state index contributed by atoms with van der Waals surface area (Å²) in [6.07, 6.45) is 3.04. The number of imidazole rings is 1. The van der Waals surface area contributed by atoms with E-state index in [1.165, 1.54) is 6.33 Å². The molecule has 7 nitrogen and oxygen atoms in total. The Kier molecular flexibility index (Phi) is 4.78. The van der Waals surface area contributed by atoms with Crippen LogP contribution in [-0.2, 0) is 6.54 Å². The number of anilines is 1. The Balaban J connectivity index is 0.00000147. The molecule has 20 heavy (non-hydrogen) atoms. The maximum absolute atomic E-state index is 10.3. The van der Waals surface area contributed by atoms with Crippen molar-refractivity contribution in [2.75, 3.05) is 5.43 Å². The van der Waals surface area contributed by atoms with Crippen molar-refractivity contribution in [1.29, 1.82) is 0 Å². The summed E-state index contributed by atoms with van der Waals surface area (Å²) in [4.78, 5) is 22.6. The molecule has 0 saturated carbocycles. The Bertz CT molecular complexity index is 714. The molecule has 0 atom stereocenters. The summed E-state index contributed by atoms with van der Waals surface area (Å²) in [5.74, 6) is 0.312. The molecule has 3 rings (SSSR count). The molecular formula is C12H10N6NaO+. The van der Waals surface area contributed by atoms with Gasteiger partial charge in [0, 0.05) is 0 Å². The second kappa shape index (κ2) is 6.56. The Hall–Kier alpha value is -1.83. The maximum Gasteiger partial charge on any atom is 1.00 e. The second-order valence-corrected chi connectivity index (χ2v) is 3.96. The summed E-state index contributed by atoms with van der Waals surface area (Å²) in [5, 5.41) is 2.61. The minimum Gasteiger partial charge on any atom is -0.311 e. The Labute approximate surface area is 136 Å². The third-order valence-corrected chi connectivity index (χ3v) is 2.75. The summed E-state index contributed by atoms with van der Waals surface area (Å²) < 4.78 is 1.89. The zero-order chi connectivity index (χ0) is 13.1. The van der Waals surface area contributed by atoms with E-state index in [0.29, 0.717) is 23.5 Å². The van der Waals surface area contributed by atoms with Crippen LogP contribution in [0.25, 0.3) is 11.2 Å². The second-order valence-electron chi connectivity index (χ2n) is 3.96. The smallest absolute Gasteiger partial charge is 0.311 e. The fourth-order valence-corrected chi connectivity index (χ4v) is 1.90. The van der Waals surface area contributed by atoms with Gasteiger partial charge in [0.25, 0.3) is 0 Å². The Morgan fingerprint density at radius 3 is 2.70 bits per heavy atom. The van der Waals surface area contributed by atoms with Crippen molar-refractivity contribution >= 4 is 17.0 Å². The van der Waals surface area contributed by atoms with Crippen LogP contribution in [0.15, 0.2) is 48.3 Å². The van der Waals surface area contributed by atoms with Crippen LogP contribution in [0.1, 0.15) is 5.56 Å². The van der Waals surface area contributed by atoms with E-state index in [9.17, 15) is 4.91 Å². The van der Waals surface area contributed by atoms with E-state index in [0.717, 1.165) is 5.56 Å². The average Bonchev–Trinajstić information content (AvgIpc) is 2.85. The molecule has 0 amide bonds. The summed E-state index contributed by atoms with van der Waals surface area (Å²) in [6, 6.07) is 9.98. The van der Waals surface area contributed by atoms with Gasteiger partial charge in [-0.3, -0.25) is 0 Å². The first-order chi connectivity index (χ1) is 9.38. The first-order valence-corrected chi connectivity index (χ1v) is 5.66. The van der Waals surface area contributed by atoms with Crippen LogP contribution in [0.5, 0.6) is 0 Å². The number of nitrogens with one attached hydrogen (secondary N) is 1. The predicted molar refractivity (Wildman–Crippen MR) is 70.3 cm³/mol. The van der Waals surface area contributed by atoms with Crippen LogP contribution >= 0.6 is 0 Å². The van der Waals surface area contributed by atoms with Gasteiger partial charge in [0.15, 0.2) is 17.0 Å². The molecule has 1 N–H and O–H groups in total. The molecule has 0 saturated heterocycles. The van der Waals surface area contributed by atoms with Crippen molar-refractivity contribution in [1.82, 2.24) is 19.5 Å². The Morgan fingerprint density at radius 1 is 1.15 bits per heavy atom. The normalized spacial score (nSPS) is 10.0. The van der Waals surface area contributed by atoms with Crippen LogP contribution < -0.4 is 35.0 Å². The molecule has 0 bridgehead atoms. The first-order valence-electron chi connectivity index (χ1n) is 5.66. The first kappa shape index (κ1) is 14.6. The standard InChI is InChI=1S/C12H10N6O.Na/c19-17-16-11-10-12(14-7-13-11)18(8-15-10)6-9-4-2-1-3-5-9;/h1-5,7-8H,6H2,(H,13,14,16,19);/q;+1. The van der Waals surface area contributed by atoms with Gasteiger partial charge in [-0.15, -0.1) is 4.91 Å². The molecule has 0 fully saturated rings. The van der Waals surface area contributed by atoms with Gasteiger partial charge in [-0.2, -0.15) is 0 Å². The number of nitrogens with zero attached hydrogens (tertiary/aromatic N) is 5. The molecule has 0 unspecified atom stereocenters. The van der Waals surface area contributed by atoms with Crippen LogP contribution in [0.3, 0.4) is 0 Å². The zero-order valence-corrected chi connectivity index (χ0v) is 12.9. The van der Waals surface area contributed by atoms with Crippen molar-refractivity contribution in [2.45, 2.75) is 6.54 Å². The molecular weight excluding hydrogens is 267 g/mol. The molecule has 8 heteroatoms. The summed E-state index contributed by atoms with van der Waals surface area (Å²) in [6.45, 7) is 0.655. The Morgan fingerprint density at radius 2 is 1.95 bits per heavy atom. The van der Waals surface area contributed by atoms with Crippen LogP contribution in [0, 0.1) is 4.91 Å². The van der Waals surface area contributed by atoms with E-state index in [-0.39, 0.29) is 29.6 Å². The van der Waals surface area contributed by atoms with Crippen LogP contribution in [0.4, 0.5) is 5.82 Å². The number of hydrogen-bond donors (Lipinski definition) is 1. The molecule has 2 aromatic heterocycles. The molecule has 0 aliphatic carbocycles. The molecule has 0 spiro atoms. The maximum atomic E-state index is 10.3. The van der Waals surface area contributed by atoms with Gasteiger partial charge >= 0.3 is 29.6 Å². The van der Waals surface area contributed by atoms with E-state index in [1.54, 1.807) is 6.33 Å². The number of rotatable bonds is 4. The van der Waals surface area contributed by atoms with E-state index in [2.05, 4.69) is 25.7 Å². The van der Waals surface area contributed by atoms with E-state index < -0.39 is 0 Å². The van der Waals surface area contributed by atoms with Crippen molar-refractivity contribution < 1.29 is 29.6 Å². The molecule has 94 valence electrons. The minimum atomic E-state index is 0. The van der Waals surface area contributed by atoms with Gasteiger partial charge in [-0.25, -0.2) is 20.4 Å². The number of benzene rings is 1.